The van der Waals surface area contributed by atoms with Crippen molar-refractivity contribution in [2.75, 3.05) is 6.26 Å². The molecule has 0 aromatic heterocycles. The molecule has 0 aromatic rings. The molecule has 0 radical (unpaired) electrons. The zero-order valence-corrected chi connectivity index (χ0v) is 7.80. The van der Waals surface area contributed by atoms with Crippen molar-refractivity contribution in [3.8, 4) is 0 Å². The zero-order chi connectivity index (χ0) is 7.98. The molecule has 0 bridgehead atoms. The van der Waals surface area contributed by atoms with Gasteiger partial charge in [0.05, 0.1) is 11.4 Å². The number of aliphatic imine (C=N–C) groups is 1. The first-order valence-electron chi connectivity index (χ1n) is 3.11. The molecule has 0 saturated heterocycles. The summed E-state index contributed by atoms with van der Waals surface area (Å²) < 4.78 is 10.9. The lowest BCUT2D eigenvalue weighted by molar-refractivity contribution is 0.578. The Bertz CT molecular complexity index is 132. The van der Waals surface area contributed by atoms with Gasteiger partial charge >= 0.3 is 0 Å². The highest BCUT2D eigenvalue weighted by molar-refractivity contribution is 7.91. The van der Waals surface area contributed by atoms with E-state index in [-0.39, 0.29) is 5.37 Å². The number of nitrogens with zero attached hydrogens (tertiary/aromatic N) is 1. The van der Waals surface area contributed by atoms with E-state index in [1.54, 1.807) is 6.26 Å². The van der Waals surface area contributed by atoms with Gasteiger partial charge in [-0.25, -0.2) is 0 Å². The number of thiocarbonyl (C=S) groups is 1. The van der Waals surface area contributed by atoms with E-state index < -0.39 is 11.2 Å². The minimum Gasteiger partial charge on any atom is -0.615 e. The van der Waals surface area contributed by atoms with Crippen molar-refractivity contribution in [3.05, 3.63) is 0 Å². The SMILES string of the molecule is CCC[C@H](N=C=S)[S+](C)[O-]. The molecule has 0 amide bonds. The van der Waals surface area contributed by atoms with Gasteiger partial charge in [0, 0.05) is 6.42 Å². The summed E-state index contributed by atoms with van der Waals surface area (Å²) >= 11 is 3.51. The molecule has 0 N–H and O–H groups in total. The van der Waals surface area contributed by atoms with E-state index in [0.29, 0.717) is 0 Å². The number of rotatable bonds is 4. The van der Waals surface area contributed by atoms with Crippen LogP contribution in [0.1, 0.15) is 19.8 Å². The highest BCUT2D eigenvalue weighted by Crippen LogP contribution is 2.07. The van der Waals surface area contributed by atoms with Crippen LogP contribution in [-0.2, 0) is 11.2 Å². The molecule has 58 valence electrons. The number of isothiocyanates is 1. The van der Waals surface area contributed by atoms with Gasteiger partial charge in [0.2, 0.25) is 5.37 Å². The highest BCUT2D eigenvalue weighted by Gasteiger charge is 2.13. The number of hydrogen-bond acceptors (Lipinski definition) is 3. The van der Waals surface area contributed by atoms with Gasteiger partial charge in [-0.15, -0.1) is 0 Å². The van der Waals surface area contributed by atoms with Crippen molar-refractivity contribution < 1.29 is 4.55 Å². The second-order valence-electron chi connectivity index (χ2n) is 1.96. The Morgan fingerprint density at radius 3 is 2.70 bits per heavy atom. The third-order valence-corrected chi connectivity index (χ3v) is 2.33. The van der Waals surface area contributed by atoms with Crippen LogP contribution in [0, 0.1) is 0 Å². The summed E-state index contributed by atoms with van der Waals surface area (Å²) in [7, 11) is 0. The van der Waals surface area contributed by atoms with E-state index in [0.717, 1.165) is 12.8 Å². The Morgan fingerprint density at radius 1 is 1.80 bits per heavy atom. The van der Waals surface area contributed by atoms with Gasteiger partial charge in [0.1, 0.15) is 0 Å². The molecular formula is C6H11NOS2. The Morgan fingerprint density at radius 2 is 2.40 bits per heavy atom. The molecule has 0 heterocycles. The Balaban J connectivity index is 3.84. The Kier molecular flexibility index (Phi) is 5.93. The standard InChI is InChI=1S/C6H11NOS2/c1-3-4-6(7-5-9)10(2)8/h6H,3-4H2,1-2H3/t6-,10?/m1/s1. The first kappa shape index (κ1) is 10.1. The summed E-state index contributed by atoms with van der Waals surface area (Å²) in [5.41, 5.74) is 0. The predicted octanol–water partition coefficient (Wildman–Crippen LogP) is 1.59. The van der Waals surface area contributed by atoms with Crippen molar-refractivity contribution >= 4 is 28.6 Å². The van der Waals surface area contributed by atoms with Crippen LogP contribution in [0.25, 0.3) is 0 Å². The third kappa shape index (κ3) is 4.01. The van der Waals surface area contributed by atoms with Crippen LogP contribution >= 0.6 is 12.2 Å². The highest BCUT2D eigenvalue weighted by atomic mass is 32.2. The van der Waals surface area contributed by atoms with Crippen LogP contribution < -0.4 is 0 Å². The molecule has 4 heteroatoms. The van der Waals surface area contributed by atoms with Gasteiger partial charge in [-0.1, -0.05) is 6.92 Å². The van der Waals surface area contributed by atoms with E-state index in [9.17, 15) is 4.55 Å². The van der Waals surface area contributed by atoms with Gasteiger partial charge in [0.15, 0.2) is 0 Å². The van der Waals surface area contributed by atoms with Crippen molar-refractivity contribution in [1.29, 1.82) is 0 Å². The first-order valence-corrected chi connectivity index (χ1v) is 5.14. The second kappa shape index (κ2) is 5.86. The van der Waals surface area contributed by atoms with Crippen molar-refractivity contribution in [2.45, 2.75) is 25.1 Å². The number of hydrogen-bond donors (Lipinski definition) is 0. The molecule has 1 unspecified atom stereocenters. The molecule has 0 aromatic carbocycles. The maximum absolute atomic E-state index is 10.9. The van der Waals surface area contributed by atoms with Gasteiger partial charge in [-0.05, 0) is 29.8 Å². The van der Waals surface area contributed by atoms with Crippen molar-refractivity contribution in [1.82, 2.24) is 0 Å². The monoisotopic (exact) mass is 177 g/mol. The van der Waals surface area contributed by atoms with E-state index in [2.05, 4.69) is 22.4 Å². The van der Waals surface area contributed by atoms with Gasteiger partial charge in [-0.2, -0.15) is 4.99 Å². The summed E-state index contributed by atoms with van der Waals surface area (Å²) in [5.74, 6) is 0. The smallest absolute Gasteiger partial charge is 0.214 e. The van der Waals surface area contributed by atoms with E-state index in [4.69, 9.17) is 0 Å². The van der Waals surface area contributed by atoms with Crippen LogP contribution in [0.2, 0.25) is 0 Å². The molecule has 0 aliphatic rings. The quantitative estimate of drug-likeness (QED) is 0.371. The molecule has 2 atom stereocenters. The topological polar surface area (TPSA) is 35.4 Å². The molecule has 0 fully saturated rings. The summed E-state index contributed by atoms with van der Waals surface area (Å²) in [4.78, 5) is 3.78. The molecule has 0 aliphatic carbocycles. The Hall–Kier alpha value is 0.110. The maximum Gasteiger partial charge on any atom is 0.214 e. The first-order chi connectivity index (χ1) is 4.72. The lowest BCUT2D eigenvalue weighted by Gasteiger charge is -2.11. The average molecular weight is 177 g/mol. The van der Waals surface area contributed by atoms with E-state index >= 15 is 0 Å². The molecule has 0 saturated carbocycles. The van der Waals surface area contributed by atoms with Crippen LogP contribution in [0.3, 0.4) is 0 Å². The lowest BCUT2D eigenvalue weighted by Crippen LogP contribution is -2.16. The summed E-state index contributed by atoms with van der Waals surface area (Å²) in [6.07, 6.45) is 3.44. The minimum atomic E-state index is -0.899. The molecule has 10 heavy (non-hydrogen) atoms. The molecule has 0 spiro atoms. The van der Waals surface area contributed by atoms with Gasteiger partial charge < -0.3 is 4.55 Å². The Labute approximate surface area is 69.9 Å². The predicted molar refractivity (Wildman–Crippen MR) is 47.8 cm³/mol. The van der Waals surface area contributed by atoms with Crippen molar-refractivity contribution in [2.24, 2.45) is 4.99 Å². The lowest BCUT2D eigenvalue weighted by atomic mass is 10.3. The fourth-order valence-corrected chi connectivity index (χ4v) is 1.57. The molecular weight excluding hydrogens is 166 g/mol. The van der Waals surface area contributed by atoms with Gasteiger partial charge in [-0.3, -0.25) is 0 Å². The molecule has 2 nitrogen and oxygen atoms in total. The zero-order valence-electron chi connectivity index (χ0n) is 6.16. The second-order valence-corrected chi connectivity index (χ2v) is 3.69. The maximum atomic E-state index is 10.9. The van der Waals surface area contributed by atoms with Crippen LogP contribution in [0.15, 0.2) is 4.99 Å². The third-order valence-electron chi connectivity index (χ3n) is 1.12. The van der Waals surface area contributed by atoms with Crippen molar-refractivity contribution in [3.63, 3.8) is 0 Å². The minimum absolute atomic E-state index is 0.137. The van der Waals surface area contributed by atoms with Crippen LogP contribution in [-0.4, -0.2) is 21.3 Å². The molecule has 0 aliphatic heterocycles. The average Bonchev–Trinajstić information content (AvgIpc) is 1.87. The fourth-order valence-electron chi connectivity index (χ4n) is 0.610. The normalized spacial score (nSPS) is 15.5. The largest absolute Gasteiger partial charge is 0.615 e. The summed E-state index contributed by atoms with van der Waals surface area (Å²) in [6, 6.07) is 0. The summed E-state index contributed by atoms with van der Waals surface area (Å²) in [6.45, 7) is 2.03. The molecule has 0 rings (SSSR count). The van der Waals surface area contributed by atoms with E-state index in [1.165, 1.54) is 0 Å². The van der Waals surface area contributed by atoms with Gasteiger partial charge in [0.25, 0.3) is 0 Å². The van der Waals surface area contributed by atoms with E-state index in [1.807, 2.05) is 6.92 Å². The van der Waals surface area contributed by atoms with Crippen LogP contribution in [0.4, 0.5) is 0 Å². The van der Waals surface area contributed by atoms with Crippen LogP contribution in [0.5, 0.6) is 0 Å². The summed E-state index contributed by atoms with van der Waals surface area (Å²) in [5, 5.41) is 2.11. The fraction of sp³-hybridized carbons (Fsp3) is 0.833.